The quantitative estimate of drug-likeness (QED) is 0.166. The van der Waals surface area contributed by atoms with Crippen LogP contribution in [0.15, 0.2) is 212 Å². The van der Waals surface area contributed by atoms with Crippen molar-refractivity contribution in [1.82, 2.24) is 0 Å². The van der Waals surface area contributed by atoms with E-state index >= 15 is 0 Å². The van der Waals surface area contributed by atoms with E-state index in [2.05, 4.69) is 207 Å². The molecule has 0 amide bonds. The van der Waals surface area contributed by atoms with Crippen molar-refractivity contribution in [2.45, 2.75) is 27.7 Å². The summed E-state index contributed by atoms with van der Waals surface area (Å²) in [7, 11) is 0. The van der Waals surface area contributed by atoms with Crippen LogP contribution in [0.25, 0.3) is 109 Å². The predicted octanol–water partition coefficient (Wildman–Crippen LogP) is 19.8. The minimum absolute atomic E-state index is 0.795. The molecule has 6 nitrogen and oxygen atoms in total. The van der Waals surface area contributed by atoms with Crippen molar-refractivity contribution in [2.24, 2.45) is 0 Å². The molecule has 72 heavy (non-hydrogen) atoms. The SMILES string of the molecule is Cc1cc2oc3ccccc3c2c(C)c1N(c1ccccc1)c1ccc2cc3c(cc2c1)oc1c3ccc2oc3cc4cc(N(c5ccccc5)c5c(C)cc6oc7ccccc7c6c5C)ccc4cc3c21. The lowest BCUT2D eigenvalue weighted by molar-refractivity contribution is 0.663. The molecule has 15 rings (SSSR count). The highest BCUT2D eigenvalue weighted by atomic mass is 16.3. The van der Waals surface area contributed by atoms with E-state index in [1.165, 1.54) is 11.1 Å². The third-order valence-electron chi connectivity index (χ3n) is 15.1. The van der Waals surface area contributed by atoms with Gasteiger partial charge in [0.2, 0.25) is 0 Å². The second kappa shape index (κ2) is 15.1. The Morgan fingerprint density at radius 1 is 0.278 bits per heavy atom. The Morgan fingerprint density at radius 2 is 0.750 bits per heavy atom. The lowest BCUT2D eigenvalue weighted by atomic mass is 9.99. The van der Waals surface area contributed by atoms with Gasteiger partial charge in [-0.25, -0.2) is 0 Å². The van der Waals surface area contributed by atoms with Crippen molar-refractivity contribution in [3.05, 3.63) is 216 Å². The fourth-order valence-corrected chi connectivity index (χ4v) is 12.0. The van der Waals surface area contributed by atoms with Crippen LogP contribution in [0, 0.1) is 27.7 Å². The summed E-state index contributed by atoms with van der Waals surface area (Å²) in [5, 5.41) is 13.1. The molecule has 0 unspecified atom stereocenters. The third kappa shape index (κ3) is 5.90. The molecule has 0 atom stereocenters. The first-order valence-corrected chi connectivity index (χ1v) is 24.6. The predicted molar refractivity (Wildman–Crippen MR) is 299 cm³/mol. The Balaban J connectivity index is 0.861. The van der Waals surface area contributed by atoms with Crippen LogP contribution in [-0.2, 0) is 0 Å². The Morgan fingerprint density at radius 3 is 1.29 bits per heavy atom. The van der Waals surface area contributed by atoms with Gasteiger partial charge in [0.1, 0.15) is 44.7 Å². The molecule has 15 aromatic rings. The van der Waals surface area contributed by atoms with Gasteiger partial charge < -0.3 is 27.5 Å². The van der Waals surface area contributed by atoms with Gasteiger partial charge >= 0.3 is 0 Å². The molecule has 6 heteroatoms. The largest absolute Gasteiger partial charge is 0.456 e. The number of hydrogen-bond donors (Lipinski definition) is 0. The smallest absolute Gasteiger partial charge is 0.147 e. The number of benzene rings is 11. The molecular formula is C66H44N2O4. The molecule has 0 aliphatic rings. The number of hydrogen-bond acceptors (Lipinski definition) is 6. The van der Waals surface area contributed by atoms with Crippen molar-refractivity contribution in [3.63, 3.8) is 0 Å². The first-order valence-electron chi connectivity index (χ1n) is 24.6. The Labute approximate surface area is 413 Å². The number of rotatable bonds is 6. The van der Waals surface area contributed by atoms with Crippen LogP contribution in [0.4, 0.5) is 34.1 Å². The van der Waals surface area contributed by atoms with Gasteiger partial charge in [-0.2, -0.15) is 0 Å². The van der Waals surface area contributed by atoms with Gasteiger partial charge in [-0.05, 0) is 181 Å². The monoisotopic (exact) mass is 928 g/mol. The molecule has 0 N–H and O–H groups in total. The Kier molecular flexibility index (Phi) is 8.53. The molecule has 0 saturated carbocycles. The molecule has 4 aromatic heterocycles. The van der Waals surface area contributed by atoms with Crippen LogP contribution in [0.3, 0.4) is 0 Å². The molecule has 0 bridgehead atoms. The summed E-state index contributed by atoms with van der Waals surface area (Å²) in [6.07, 6.45) is 0. The van der Waals surface area contributed by atoms with Crippen LogP contribution in [0.1, 0.15) is 22.3 Å². The van der Waals surface area contributed by atoms with Gasteiger partial charge in [0, 0.05) is 60.5 Å². The molecule has 0 fully saturated rings. The minimum atomic E-state index is 0.795. The molecular weight excluding hydrogens is 885 g/mol. The first kappa shape index (κ1) is 40.6. The number of fused-ring (bicyclic) bond motifs is 15. The zero-order valence-corrected chi connectivity index (χ0v) is 40.0. The standard InChI is InChI=1S/C66H44N2O4/c1-37-29-59-61(50-19-11-13-21-54(50)69-59)39(3)64(37)67(45-15-7-5-8-16-45)47-25-23-41-33-52-49-27-28-56-63(66(49)72-57(52)35-43(41)31-47)53-34-42-24-26-48(32-44(42)36-58(53)71-56)68(46-17-9-6-10-18-46)65-38(2)30-60-62(40(65)4)51-20-12-14-22-55(51)70-60/h5-36H,1-4H3. The summed E-state index contributed by atoms with van der Waals surface area (Å²) in [4.78, 5) is 4.76. The normalized spacial score (nSPS) is 12.2. The maximum absolute atomic E-state index is 6.97. The molecule has 342 valence electrons. The van der Waals surface area contributed by atoms with E-state index in [-0.39, 0.29) is 0 Å². The Hall–Kier alpha value is -9.26. The Bertz CT molecular complexity index is 4750. The second-order valence-corrected chi connectivity index (χ2v) is 19.4. The highest BCUT2D eigenvalue weighted by molar-refractivity contribution is 6.24. The van der Waals surface area contributed by atoms with Crippen LogP contribution in [0.5, 0.6) is 0 Å². The number of nitrogens with zero attached hydrogens (tertiary/aromatic N) is 2. The maximum Gasteiger partial charge on any atom is 0.147 e. The summed E-state index contributed by atoms with van der Waals surface area (Å²) in [5.41, 5.74) is 18.0. The molecule has 4 heterocycles. The van der Waals surface area contributed by atoms with Crippen LogP contribution in [-0.4, -0.2) is 0 Å². The number of aryl methyl sites for hydroxylation is 4. The summed E-state index contributed by atoms with van der Waals surface area (Å²) in [6, 6.07) is 68.9. The molecule has 11 aromatic carbocycles. The lowest BCUT2D eigenvalue weighted by Gasteiger charge is -2.29. The van der Waals surface area contributed by atoms with E-state index in [1.54, 1.807) is 0 Å². The van der Waals surface area contributed by atoms with Crippen molar-refractivity contribution in [3.8, 4) is 0 Å². The summed E-state index contributed by atoms with van der Waals surface area (Å²) in [6.45, 7) is 8.79. The van der Waals surface area contributed by atoms with E-state index in [9.17, 15) is 0 Å². The zero-order valence-electron chi connectivity index (χ0n) is 40.0. The van der Waals surface area contributed by atoms with Crippen LogP contribution >= 0.6 is 0 Å². The minimum Gasteiger partial charge on any atom is -0.456 e. The van der Waals surface area contributed by atoms with E-state index in [1.807, 2.05) is 24.3 Å². The molecule has 0 spiro atoms. The zero-order chi connectivity index (χ0) is 47.9. The van der Waals surface area contributed by atoms with Gasteiger partial charge in [-0.3, -0.25) is 0 Å². The fourth-order valence-electron chi connectivity index (χ4n) is 12.0. The lowest BCUT2D eigenvalue weighted by Crippen LogP contribution is -2.13. The van der Waals surface area contributed by atoms with E-state index in [0.29, 0.717) is 0 Å². The number of para-hydroxylation sites is 4. The average molecular weight is 929 g/mol. The van der Waals surface area contributed by atoms with E-state index in [4.69, 9.17) is 17.7 Å². The van der Waals surface area contributed by atoms with Crippen molar-refractivity contribution in [2.75, 3.05) is 9.80 Å². The maximum atomic E-state index is 6.97. The summed E-state index contributed by atoms with van der Waals surface area (Å²) >= 11 is 0. The topological polar surface area (TPSA) is 59.0 Å². The van der Waals surface area contributed by atoms with Gasteiger partial charge in [-0.1, -0.05) is 84.9 Å². The average Bonchev–Trinajstić information content (AvgIpc) is 4.17. The molecule has 0 aliphatic heterocycles. The molecule has 0 radical (unpaired) electrons. The van der Waals surface area contributed by atoms with Crippen LogP contribution < -0.4 is 9.80 Å². The highest BCUT2D eigenvalue weighted by Crippen LogP contribution is 2.48. The second-order valence-electron chi connectivity index (χ2n) is 19.4. The van der Waals surface area contributed by atoms with E-state index < -0.39 is 0 Å². The van der Waals surface area contributed by atoms with Gasteiger partial charge in [-0.15, -0.1) is 0 Å². The first-order chi connectivity index (χ1) is 35.3. The summed E-state index contributed by atoms with van der Waals surface area (Å²) < 4.78 is 26.4. The van der Waals surface area contributed by atoms with Gasteiger partial charge in [0.15, 0.2) is 0 Å². The van der Waals surface area contributed by atoms with Crippen LogP contribution in [0.2, 0.25) is 0 Å². The van der Waals surface area contributed by atoms with Gasteiger partial charge in [0.05, 0.1) is 16.8 Å². The number of anilines is 6. The van der Waals surface area contributed by atoms with Crippen molar-refractivity contribution < 1.29 is 17.7 Å². The van der Waals surface area contributed by atoms with Gasteiger partial charge in [0.25, 0.3) is 0 Å². The van der Waals surface area contributed by atoms with E-state index in [0.717, 1.165) is 155 Å². The molecule has 0 aliphatic carbocycles. The third-order valence-corrected chi connectivity index (χ3v) is 15.1. The highest BCUT2D eigenvalue weighted by Gasteiger charge is 2.25. The summed E-state index contributed by atoms with van der Waals surface area (Å²) in [5.74, 6) is 0. The molecule has 0 saturated heterocycles. The van der Waals surface area contributed by atoms with Crippen molar-refractivity contribution in [1.29, 1.82) is 0 Å². The van der Waals surface area contributed by atoms with Crippen molar-refractivity contribution >= 4 is 143 Å². The number of furan rings is 4. The fraction of sp³-hybridized carbons (Fsp3) is 0.0606.